The molecule has 0 atom stereocenters. The van der Waals surface area contributed by atoms with Gasteiger partial charge in [-0.1, -0.05) is 13.8 Å². The molecule has 6 heteroatoms. The molecule has 0 saturated carbocycles. The summed E-state index contributed by atoms with van der Waals surface area (Å²) in [7, 11) is 1.63. The van der Waals surface area contributed by atoms with E-state index in [1.165, 1.54) is 0 Å². The van der Waals surface area contributed by atoms with Crippen LogP contribution >= 0.6 is 0 Å². The molecule has 0 spiro atoms. The number of anilines is 1. The smallest absolute Gasteiger partial charge is 0.295 e. The molecular formula is C7H13N5O. The monoisotopic (exact) mass is 183 g/mol. The molecule has 1 heterocycles. The molecule has 0 bridgehead atoms. The summed E-state index contributed by atoms with van der Waals surface area (Å²) >= 11 is 0. The minimum absolute atomic E-state index is 0.0284. The maximum Gasteiger partial charge on any atom is 0.295 e. The van der Waals surface area contributed by atoms with Gasteiger partial charge < -0.3 is 11.2 Å². The van der Waals surface area contributed by atoms with Gasteiger partial charge in [-0.3, -0.25) is 4.79 Å². The maximum atomic E-state index is 11.5. The van der Waals surface area contributed by atoms with Crippen LogP contribution in [0.1, 0.15) is 25.5 Å². The summed E-state index contributed by atoms with van der Waals surface area (Å²) in [6, 6.07) is 0. The molecular weight excluding hydrogens is 170 g/mol. The van der Waals surface area contributed by atoms with Crippen LogP contribution in [-0.4, -0.2) is 21.9 Å². The second-order valence-corrected chi connectivity index (χ2v) is 2.99. The largest absolute Gasteiger partial charge is 0.356 e. The highest BCUT2D eigenvalue weighted by Crippen LogP contribution is 2.04. The zero-order chi connectivity index (χ0) is 10.0. The van der Waals surface area contributed by atoms with Crippen molar-refractivity contribution in [1.29, 1.82) is 0 Å². The first-order chi connectivity index (χ1) is 6.07. The molecule has 13 heavy (non-hydrogen) atoms. The van der Waals surface area contributed by atoms with Crippen molar-refractivity contribution < 1.29 is 0 Å². The molecule has 1 aromatic rings. The van der Waals surface area contributed by atoms with Crippen LogP contribution in [0.2, 0.25) is 0 Å². The van der Waals surface area contributed by atoms with Gasteiger partial charge in [0.2, 0.25) is 5.95 Å². The summed E-state index contributed by atoms with van der Waals surface area (Å²) < 4.78 is 0.961. The molecule has 0 fully saturated rings. The number of aromatic nitrogens is 3. The van der Waals surface area contributed by atoms with Crippen molar-refractivity contribution in [2.45, 2.75) is 19.8 Å². The number of hydrogen-bond donors (Lipinski definition) is 2. The van der Waals surface area contributed by atoms with E-state index in [0.29, 0.717) is 5.69 Å². The molecule has 1 aromatic heterocycles. The van der Waals surface area contributed by atoms with Crippen LogP contribution in [0.3, 0.4) is 0 Å². The van der Waals surface area contributed by atoms with Crippen molar-refractivity contribution in [3.05, 3.63) is 16.0 Å². The third-order valence-electron chi connectivity index (χ3n) is 1.69. The zero-order valence-corrected chi connectivity index (χ0v) is 7.90. The molecule has 6 nitrogen and oxygen atoms in total. The molecule has 0 aliphatic heterocycles. The predicted octanol–water partition coefficient (Wildman–Crippen LogP) is -0.483. The van der Waals surface area contributed by atoms with Crippen LogP contribution in [-0.2, 0) is 0 Å². The van der Waals surface area contributed by atoms with E-state index >= 15 is 0 Å². The van der Waals surface area contributed by atoms with Gasteiger partial charge in [0, 0.05) is 13.0 Å². The van der Waals surface area contributed by atoms with Crippen LogP contribution in [0.25, 0.3) is 0 Å². The van der Waals surface area contributed by atoms with Crippen LogP contribution < -0.4 is 16.7 Å². The van der Waals surface area contributed by atoms with Crippen molar-refractivity contribution in [3.63, 3.8) is 0 Å². The Labute approximate surface area is 75.7 Å². The third-order valence-corrected chi connectivity index (χ3v) is 1.69. The van der Waals surface area contributed by atoms with Crippen LogP contribution in [0.4, 0.5) is 5.95 Å². The molecule has 0 aliphatic rings. The standard InChI is InChI=1S/C7H13N5O/c1-4(2)5-6(13)12(8)7(9-3)11-10-5/h4H,8H2,1-3H3,(H,9,11). The highest BCUT2D eigenvalue weighted by atomic mass is 16.1. The lowest BCUT2D eigenvalue weighted by Crippen LogP contribution is -2.34. The Bertz CT molecular complexity index is 356. The Kier molecular flexibility index (Phi) is 2.50. The minimum atomic E-state index is -0.311. The molecule has 0 aliphatic carbocycles. The van der Waals surface area contributed by atoms with E-state index in [0.717, 1.165) is 4.68 Å². The van der Waals surface area contributed by atoms with Gasteiger partial charge in [-0.05, 0) is 0 Å². The Morgan fingerprint density at radius 2 is 2.08 bits per heavy atom. The topological polar surface area (TPSA) is 85.8 Å². The van der Waals surface area contributed by atoms with Gasteiger partial charge in [-0.15, -0.1) is 10.2 Å². The Morgan fingerprint density at radius 3 is 2.54 bits per heavy atom. The quantitative estimate of drug-likeness (QED) is 0.605. The lowest BCUT2D eigenvalue weighted by Gasteiger charge is -2.07. The lowest BCUT2D eigenvalue weighted by molar-refractivity contribution is 0.715. The first-order valence-electron chi connectivity index (χ1n) is 4.00. The molecule has 0 radical (unpaired) electrons. The average Bonchev–Trinajstić information content (AvgIpc) is 2.09. The number of nitrogens with two attached hydrogens (primary N) is 1. The Balaban J connectivity index is 3.32. The van der Waals surface area contributed by atoms with Crippen LogP contribution in [0.15, 0.2) is 4.79 Å². The van der Waals surface area contributed by atoms with Crippen molar-refractivity contribution >= 4 is 5.95 Å². The number of nitrogens with zero attached hydrogens (tertiary/aromatic N) is 3. The highest BCUT2D eigenvalue weighted by molar-refractivity contribution is 5.23. The fourth-order valence-corrected chi connectivity index (χ4v) is 0.945. The predicted molar refractivity (Wildman–Crippen MR) is 50.1 cm³/mol. The zero-order valence-electron chi connectivity index (χ0n) is 7.90. The van der Waals surface area contributed by atoms with E-state index in [9.17, 15) is 4.79 Å². The van der Waals surface area contributed by atoms with Gasteiger partial charge in [-0.2, -0.15) is 4.68 Å². The molecule has 0 unspecified atom stereocenters. The second-order valence-electron chi connectivity index (χ2n) is 2.99. The number of nitrogens with one attached hydrogen (secondary N) is 1. The Morgan fingerprint density at radius 1 is 1.46 bits per heavy atom. The maximum absolute atomic E-state index is 11.5. The van der Waals surface area contributed by atoms with E-state index in [4.69, 9.17) is 5.84 Å². The van der Waals surface area contributed by atoms with Crippen molar-refractivity contribution in [1.82, 2.24) is 14.9 Å². The van der Waals surface area contributed by atoms with Gasteiger partial charge in [0.05, 0.1) is 0 Å². The fourth-order valence-electron chi connectivity index (χ4n) is 0.945. The molecule has 1 rings (SSSR count). The first-order valence-corrected chi connectivity index (χ1v) is 4.00. The lowest BCUT2D eigenvalue weighted by atomic mass is 10.1. The van der Waals surface area contributed by atoms with Crippen molar-refractivity contribution in [2.24, 2.45) is 0 Å². The summed E-state index contributed by atoms with van der Waals surface area (Å²) in [4.78, 5) is 11.5. The summed E-state index contributed by atoms with van der Waals surface area (Å²) in [5.41, 5.74) is 0.0656. The van der Waals surface area contributed by atoms with E-state index in [2.05, 4.69) is 15.5 Å². The molecule has 3 N–H and O–H groups in total. The van der Waals surface area contributed by atoms with E-state index in [-0.39, 0.29) is 17.4 Å². The Hall–Kier alpha value is -1.59. The van der Waals surface area contributed by atoms with E-state index < -0.39 is 0 Å². The van der Waals surface area contributed by atoms with E-state index in [1.54, 1.807) is 7.05 Å². The first kappa shape index (κ1) is 9.50. The van der Waals surface area contributed by atoms with Gasteiger partial charge in [0.1, 0.15) is 5.69 Å². The normalized spacial score (nSPS) is 10.5. The van der Waals surface area contributed by atoms with Gasteiger partial charge in [-0.25, -0.2) is 0 Å². The summed E-state index contributed by atoms with van der Waals surface area (Å²) in [5.74, 6) is 5.76. The SMILES string of the molecule is CNc1nnc(C(C)C)c(=O)n1N. The molecule has 0 aromatic carbocycles. The highest BCUT2D eigenvalue weighted by Gasteiger charge is 2.11. The van der Waals surface area contributed by atoms with Crippen LogP contribution in [0.5, 0.6) is 0 Å². The van der Waals surface area contributed by atoms with Crippen molar-refractivity contribution in [3.8, 4) is 0 Å². The minimum Gasteiger partial charge on any atom is -0.356 e. The fraction of sp³-hybridized carbons (Fsp3) is 0.571. The summed E-state index contributed by atoms with van der Waals surface area (Å²) in [5, 5.41) is 10.2. The second kappa shape index (κ2) is 3.42. The third kappa shape index (κ3) is 1.61. The molecule has 0 saturated heterocycles. The van der Waals surface area contributed by atoms with Gasteiger partial charge in [0.15, 0.2) is 0 Å². The number of hydrogen-bond acceptors (Lipinski definition) is 5. The average molecular weight is 183 g/mol. The summed E-state index contributed by atoms with van der Waals surface area (Å²) in [6.07, 6.45) is 0. The van der Waals surface area contributed by atoms with E-state index in [1.807, 2.05) is 13.8 Å². The van der Waals surface area contributed by atoms with Crippen molar-refractivity contribution in [2.75, 3.05) is 18.2 Å². The van der Waals surface area contributed by atoms with Crippen LogP contribution in [0, 0.1) is 0 Å². The number of nitrogen functional groups attached to an aromatic ring is 1. The summed E-state index contributed by atoms with van der Waals surface area (Å²) in [6.45, 7) is 3.73. The number of rotatable bonds is 2. The van der Waals surface area contributed by atoms with Gasteiger partial charge in [0.25, 0.3) is 5.56 Å². The van der Waals surface area contributed by atoms with Gasteiger partial charge >= 0.3 is 0 Å². The molecule has 72 valence electrons. The molecule has 0 amide bonds.